The molecule has 33 heteroatoms. The van der Waals surface area contributed by atoms with E-state index >= 15 is 51.9 Å². The third-order valence-electron chi connectivity index (χ3n) is 25.3. The summed E-state index contributed by atoms with van der Waals surface area (Å²) >= 11 is 0. The van der Waals surface area contributed by atoms with Crippen molar-refractivity contribution in [2.75, 3.05) is 94.8 Å². The molecular weight excluding hydrogens is 1440 g/mol. The number of amides is 12. The van der Waals surface area contributed by atoms with E-state index in [0.717, 1.165) is 16.2 Å². The van der Waals surface area contributed by atoms with Crippen LogP contribution < -0.4 is 16.0 Å². The summed E-state index contributed by atoms with van der Waals surface area (Å²) in [5.74, 6) is -16.0. The van der Waals surface area contributed by atoms with Gasteiger partial charge in [0.15, 0.2) is 0 Å². The van der Waals surface area contributed by atoms with Gasteiger partial charge in [-0.1, -0.05) is 58.8 Å². The summed E-state index contributed by atoms with van der Waals surface area (Å²) in [6.45, 7) is 2.65. The number of hydrogen-bond acceptors (Lipinski definition) is 13. The molecule has 109 heavy (non-hydrogen) atoms. The SMILES string of the molecule is CC(C)C[C@H]1C(=O)N[C@@H](C2CCC2)C(=O)N(C)CC(=O)N(C)[C@H]2CCCCCN(C2=O)[C@@H](CC2CCC(C(F)(F)F)CC2)C(=O)N(C)CC(=O)N[C@@H](CCC2CC(F)C(C(F)(F)F)C(F)C2)C(=O)N2CCC[C@H]2C(=O)NC2(CCCC2)C(=O)N(C)[C@@H](C2CCCC2)C(=O)N(C)[C@H](C(=O)N2CCOCC2)CC(=O)N1C. The van der Waals surface area contributed by atoms with Crippen molar-refractivity contribution in [2.45, 2.75) is 272 Å². The number of fused-ring (bicyclic) bond motifs is 3. The second-order valence-electron chi connectivity index (χ2n) is 33.2. The van der Waals surface area contributed by atoms with E-state index in [1.165, 1.54) is 76.6 Å². The summed E-state index contributed by atoms with van der Waals surface area (Å²) in [6, 6.07) is -10.9. The number of carbonyl (C=O) groups excluding carboxylic acids is 12. The van der Waals surface area contributed by atoms with E-state index in [0.29, 0.717) is 70.6 Å². The van der Waals surface area contributed by atoms with E-state index in [9.17, 15) is 40.7 Å². The van der Waals surface area contributed by atoms with Crippen molar-refractivity contribution in [2.24, 2.45) is 41.4 Å². The molecule has 614 valence electrons. The van der Waals surface area contributed by atoms with Crippen LogP contribution in [0.3, 0.4) is 0 Å². The largest absolute Gasteiger partial charge is 0.397 e. The highest BCUT2D eigenvalue weighted by Gasteiger charge is 2.56. The highest BCUT2D eigenvalue weighted by molar-refractivity contribution is 6.01. The first-order valence-electron chi connectivity index (χ1n) is 39.8. The zero-order valence-electron chi connectivity index (χ0n) is 64.6. The van der Waals surface area contributed by atoms with E-state index in [-0.39, 0.29) is 122 Å². The quantitative estimate of drug-likeness (QED) is 0.198. The molecular formula is C76H116F8N12O13. The highest BCUT2D eigenvalue weighted by atomic mass is 19.4. The lowest BCUT2D eigenvalue weighted by Crippen LogP contribution is -2.65. The molecule has 0 aromatic rings. The minimum atomic E-state index is -5.20. The first-order valence-corrected chi connectivity index (χ1v) is 39.8. The molecule has 2 bridgehead atoms. The highest BCUT2D eigenvalue weighted by Crippen LogP contribution is 2.46. The maximum absolute atomic E-state index is 15.8. The Kier molecular flexibility index (Phi) is 29.3. The Labute approximate surface area is 634 Å². The molecule has 5 aliphatic carbocycles. The lowest BCUT2D eigenvalue weighted by molar-refractivity contribution is -0.219. The number of nitrogens with one attached hydrogen (secondary N) is 3. The topological polar surface area (TPSA) is 279 Å². The molecule has 5 saturated carbocycles. The van der Waals surface area contributed by atoms with Crippen molar-refractivity contribution >= 4 is 70.9 Å². The fourth-order valence-electron chi connectivity index (χ4n) is 18.6. The van der Waals surface area contributed by atoms with Gasteiger partial charge in [0.2, 0.25) is 70.9 Å². The standard InChI is InChI=1S/C76H116F8N12O13/c1-45(2)38-56-65(100)86-63(48-20-16-21-48)71(106)89(4)44-61(99)90(5)55-22-10-9-15-32-96(70(55)105)58(41-46-24-27-50(28-25-46)75(79,80)81)68(103)88(3)43-59(97)85-53(29-26-47-39-51(77)62(52(78)40-47)76(82,83)84)67(102)95-33-17-23-54(95)66(101)87-74(30-13-14-31-74)73(108)93(8)64(49-18-11-12-19-49)72(107)92(7)57(42-60(98)91(56)6)69(104)94-34-36-109-37-35-94/h45-58,62-64H,9-44H2,1-8H3,(H,85,97)(H,86,100)(H,87,101)/t46?,47?,50?,51?,52?,53-,54-,55-,56-,57-,58-,62?,63-,64-/m0/s1. The number of carbonyl (C=O) groups is 12. The molecule has 0 radical (unpaired) electrons. The van der Waals surface area contributed by atoms with Crippen molar-refractivity contribution in [3.63, 3.8) is 0 Å². The molecule has 4 aliphatic heterocycles. The van der Waals surface area contributed by atoms with Gasteiger partial charge >= 0.3 is 12.4 Å². The van der Waals surface area contributed by atoms with Gasteiger partial charge in [-0.15, -0.1) is 0 Å². The molecule has 2 unspecified atom stereocenters. The van der Waals surface area contributed by atoms with Gasteiger partial charge in [-0.25, -0.2) is 8.78 Å². The summed E-state index contributed by atoms with van der Waals surface area (Å²) in [5, 5.41) is 8.59. The number of likely N-dealkylation sites (N-methyl/N-ethyl adjacent to an activating group) is 6. The lowest BCUT2D eigenvalue weighted by Gasteiger charge is -2.42. The van der Waals surface area contributed by atoms with E-state index in [1.54, 1.807) is 0 Å². The van der Waals surface area contributed by atoms with Crippen LogP contribution in [0.2, 0.25) is 0 Å². The van der Waals surface area contributed by atoms with Crippen LogP contribution in [0.15, 0.2) is 0 Å². The number of hydrogen-bond donors (Lipinski definition) is 3. The van der Waals surface area contributed by atoms with Crippen molar-refractivity contribution in [1.29, 1.82) is 0 Å². The third kappa shape index (κ3) is 20.7. The van der Waals surface area contributed by atoms with Gasteiger partial charge in [-0.3, -0.25) is 57.5 Å². The van der Waals surface area contributed by atoms with E-state index in [4.69, 9.17) is 4.74 Å². The smallest absolute Gasteiger partial charge is 0.378 e. The van der Waals surface area contributed by atoms with Crippen LogP contribution >= 0.6 is 0 Å². The predicted molar refractivity (Wildman–Crippen MR) is 382 cm³/mol. The second kappa shape index (κ2) is 37.1. The number of halogens is 8. The minimum Gasteiger partial charge on any atom is -0.378 e. The van der Waals surface area contributed by atoms with Gasteiger partial charge in [0.05, 0.1) is 38.6 Å². The Morgan fingerprint density at radius 3 is 1.72 bits per heavy atom. The summed E-state index contributed by atoms with van der Waals surface area (Å²) in [6.07, 6.45) is -11.6. The molecule has 9 rings (SSSR count). The number of ether oxygens (including phenoxy) is 1. The molecule has 0 aromatic carbocycles. The number of alkyl halides is 8. The molecule has 25 nitrogen and oxygen atoms in total. The monoisotopic (exact) mass is 1560 g/mol. The molecule has 1 spiro atoms. The van der Waals surface area contributed by atoms with Gasteiger partial charge < -0.3 is 64.8 Å². The zero-order chi connectivity index (χ0) is 79.7. The Morgan fingerprint density at radius 1 is 0.532 bits per heavy atom. The van der Waals surface area contributed by atoms with Gasteiger partial charge in [-0.05, 0) is 158 Å². The Morgan fingerprint density at radius 2 is 1.13 bits per heavy atom. The maximum Gasteiger partial charge on any atom is 0.397 e. The van der Waals surface area contributed by atoms with E-state index < -0.39 is 224 Å². The number of morpholine rings is 1. The summed E-state index contributed by atoms with van der Waals surface area (Å²) < 4.78 is 121. The predicted octanol–water partition coefficient (Wildman–Crippen LogP) is 6.47. The molecule has 4 heterocycles. The van der Waals surface area contributed by atoms with Crippen LogP contribution in [0.5, 0.6) is 0 Å². The average Bonchev–Trinajstić information content (AvgIpc) is 1.68. The van der Waals surface area contributed by atoms with Crippen molar-refractivity contribution in [3.05, 3.63) is 0 Å². The third-order valence-corrected chi connectivity index (χ3v) is 25.3. The summed E-state index contributed by atoms with van der Waals surface area (Å²) in [7, 11) is 8.24. The first kappa shape index (κ1) is 86.0. The molecule has 9 fully saturated rings. The van der Waals surface area contributed by atoms with Crippen molar-refractivity contribution in [3.8, 4) is 0 Å². The Balaban J connectivity index is 1.09. The van der Waals surface area contributed by atoms with Crippen LogP contribution in [-0.2, 0) is 62.3 Å². The molecule has 4 saturated heterocycles. The lowest BCUT2D eigenvalue weighted by atomic mass is 9.76. The van der Waals surface area contributed by atoms with Crippen LogP contribution in [0.1, 0.15) is 194 Å². The summed E-state index contributed by atoms with van der Waals surface area (Å²) in [4.78, 5) is 193. The van der Waals surface area contributed by atoms with Gasteiger partial charge in [-0.2, -0.15) is 26.3 Å². The molecule has 0 aromatic heterocycles. The van der Waals surface area contributed by atoms with E-state index in [1.807, 2.05) is 13.8 Å². The first-order chi connectivity index (χ1) is 51.4. The van der Waals surface area contributed by atoms with Crippen LogP contribution in [-0.4, -0.2) is 288 Å². The molecule has 3 N–H and O–H groups in total. The average molecular weight is 1560 g/mol. The van der Waals surface area contributed by atoms with Gasteiger partial charge in [0.25, 0.3) is 0 Å². The van der Waals surface area contributed by atoms with Crippen molar-refractivity contribution < 1.29 is 97.4 Å². The molecule has 12 amide bonds. The number of rotatable bonds is 10. The number of nitrogens with zero attached hydrogens (tertiary/aromatic N) is 9. The molecule has 10 atom stereocenters. The zero-order valence-corrected chi connectivity index (χ0v) is 64.6. The van der Waals surface area contributed by atoms with Gasteiger partial charge in [0.1, 0.15) is 72.1 Å². The normalized spacial score (nSPS) is 32.4. The molecule has 9 aliphatic rings. The van der Waals surface area contributed by atoms with E-state index in [2.05, 4.69) is 16.0 Å². The van der Waals surface area contributed by atoms with Crippen LogP contribution in [0.4, 0.5) is 35.1 Å². The van der Waals surface area contributed by atoms with Crippen LogP contribution in [0.25, 0.3) is 0 Å². The van der Waals surface area contributed by atoms with Crippen molar-refractivity contribution in [1.82, 2.24) is 60.0 Å². The minimum absolute atomic E-state index is 0.0215. The fourth-order valence-corrected chi connectivity index (χ4v) is 18.6. The van der Waals surface area contributed by atoms with Gasteiger partial charge in [0, 0.05) is 68.5 Å². The fraction of sp³-hybridized carbons (Fsp3) is 0.842. The Hall–Kier alpha value is -6.96. The summed E-state index contributed by atoms with van der Waals surface area (Å²) in [5.41, 5.74) is -1.67. The van der Waals surface area contributed by atoms with Crippen LogP contribution in [0, 0.1) is 41.4 Å². The Bertz CT molecular complexity index is 3240. The maximum atomic E-state index is 15.8. The second-order valence-corrected chi connectivity index (χ2v) is 33.2.